The van der Waals surface area contributed by atoms with Gasteiger partial charge in [0.15, 0.2) is 0 Å². The van der Waals surface area contributed by atoms with E-state index >= 15 is 0 Å². The Bertz CT molecular complexity index is 593. The second-order valence-electron chi connectivity index (χ2n) is 3.70. The van der Waals surface area contributed by atoms with Crippen molar-refractivity contribution in [3.05, 3.63) is 40.5 Å². The number of aromatic nitrogens is 2. The van der Waals surface area contributed by atoms with Crippen LogP contribution in [0.3, 0.4) is 0 Å². The van der Waals surface area contributed by atoms with E-state index in [9.17, 15) is 0 Å². The SMILES string of the molecule is Cc1nn(C)c(Oc2ccccc2Cl)c1/C=N/O. The van der Waals surface area contributed by atoms with E-state index in [1.54, 1.807) is 30.8 Å². The van der Waals surface area contributed by atoms with Crippen molar-refractivity contribution in [3.8, 4) is 11.6 Å². The molecule has 0 fully saturated rings. The zero-order valence-electron chi connectivity index (χ0n) is 9.96. The van der Waals surface area contributed by atoms with Crippen LogP contribution in [0.4, 0.5) is 0 Å². The van der Waals surface area contributed by atoms with E-state index in [1.165, 1.54) is 6.21 Å². The molecule has 0 atom stereocenters. The Morgan fingerprint density at radius 2 is 2.17 bits per heavy atom. The van der Waals surface area contributed by atoms with Gasteiger partial charge in [-0.05, 0) is 19.1 Å². The number of aryl methyl sites for hydroxylation is 2. The number of hydrogen-bond acceptors (Lipinski definition) is 4. The van der Waals surface area contributed by atoms with Gasteiger partial charge in [0.25, 0.3) is 0 Å². The first-order valence-electron chi connectivity index (χ1n) is 5.27. The van der Waals surface area contributed by atoms with Gasteiger partial charge in [0.1, 0.15) is 5.75 Å². The van der Waals surface area contributed by atoms with Crippen molar-refractivity contribution < 1.29 is 9.94 Å². The molecule has 1 N–H and O–H groups in total. The second-order valence-corrected chi connectivity index (χ2v) is 4.11. The molecule has 94 valence electrons. The van der Waals surface area contributed by atoms with Gasteiger partial charge in [-0.25, -0.2) is 4.68 Å². The monoisotopic (exact) mass is 265 g/mol. The number of ether oxygens (including phenoxy) is 1. The molecule has 0 spiro atoms. The fourth-order valence-electron chi connectivity index (χ4n) is 1.61. The molecule has 1 aromatic carbocycles. The third-order valence-electron chi connectivity index (χ3n) is 2.44. The molecule has 6 heteroatoms. The summed E-state index contributed by atoms with van der Waals surface area (Å²) < 4.78 is 7.28. The number of rotatable bonds is 3. The van der Waals surface area contributed by atoms with E-state index in [0.717, 1.165) is 0 Å². The van der Waals surface area contributed by atoms with Crippen LogP contribution < -0.4 is 4.74 Å². The van der Waals surface area contributed by atoms with Crippen molar-refractivity contribution in [1.29, 1.82) is 0 Å². The Hall–Kier alpha value is -2.01. The number of hydrogen-bond donors (Lipinski definition) is 1. The van der Waals surface area contributed by atoms with Gasteiger partial charge in [-0.15, -0.1) is 0 Å². The Balaban J connectivity index is 2.43. The van der Waals surface area contributed by atoms with Crippen LogP contribution in [0.2, 0.25) is 5.02 Å². The van der Waals surface area contributed by atoms with E-state index in [0.29, 0.717) is 27.9 Å². The molecule has 0 aliphatic heterocycles. The topological polar surface area (TPSA) is 59.6 Å². The molecule has 0 saturated heterocycles. The lowest BCUT2D eigenvalue weighted by molar-refractivity contribution is 0.321. The minimum atomic E-state index is 0.471. The van der Waals surface area contributed by atoms with Crippen LogP contribution in [-0.4, -0.2) is 21.2 Å². The second kappa shape index (κ2) is 5.10. The lowest BCUT2D eigenvalue weighted by Gasteiger charge is -2.08. The highest BCUT2D eigenvalue weighted by atomic mass is 35.5. The Morgan fingerprint density at radius 1 is 1.44 bits per heavy atom. The summed E-state index contributed by atoms with van der Waals surface area (Å²) in [5.74, 6) is 0.994. The van der Waals surface area contributed by atoms with Gasteiger partial charge in [0.2, 0.25) is 5.88 Å². The van der Waals surface area contributed by atoms with E-state index in [1.807, 2.05) is 12.1 Å². The molecule has 0 aliphatic rings. The van der Waals surface area contributed by atoms with Crippen LogP contribution >= 0.6 is 11.6 Å². The van der Waals surface area contributed by atoms with Crippen LogP contribution in [0.1, 0.15) is 11.3 Å². The van der Waals surface area contributed by atoms with Crippen LogP contribution in [0.5, 0.6) is 11.6 Å². The molecule has 0 amide bonds. The van der Waals surface area contributed by atoms with E-state index in [2.05, 4.69) is 10.3 Å². The van der Waals surface area contributed by atoms with Crippen LogP contribution in [0.15, 0.2) is 29.4 Å². The highest BCUT2D eigenvalue weighted by Crippen LogP contribution is 2.31. The molecule has 0 unspecified atom stereocenters. The minimum absolute atomic E-state index is 0.471. The summed E-state index contributed by atoms with van der Waals surface area (Å²) in [5, 5.41) is 16.4. The third-order valence-corrected chi connectivity index (χ3v) is 2.76. The van der Waals surface area contributed by atoms with Crippen molar-refractivity contribution >= 4 is 17.8 Å². The Kier molecular flexibility index (Phi) is 3.53. The zero-order valence-corrected chi connectivity index (χ0v) is 10.7. The molecule has 0 radical (unpaired) electrons. The number of oxime groups is 1. The van der Waals surface area contributed by atoms with Crippen molar-refractivity contribution in [1.82, 2.24) is 9.78 Å². The van der Waals surface area contributed by atoms with Crippen molar-refractivity contribution in [3.63, 3.8) is 0 Å². The summed E-state index contributed by atoms with van der Waals surface area (Å²) in [7, 11) is 1.74. The van der Waals surface area contributed by atoms with Gasteiger partial charge >= 0.3 is 0 Å². The maximum absolute atomic E-state index is 8.65. The highest BCUT2D eigenvalue weighted by molar-refractivity contribution is 6.32. The van der Waals surface area contributed by atoms with Crippen molar-refractivity contribution in [2.75, 3.05) is 0 Å². The van der Waals surface area contributed by atoms with Crippen LogP contribution in [0, 0.1) is 6.92 Å². The standard InChI is InChI=1S/C12H12ClN3O2/c1-8-9(7-14-17)12(16(2)15-8)18-11-6-4-3-5-10(11)13/h3-7,17H,1-2H3/b14-7+. The summed E-state index contributed by atoms with van der Waals surface area (Å²) in [6.45, 7) is 1.80. The summed E-state index contributed by atoms with van der Waals surface area (Å²) in [4.78, 5) is 0. The molecule has 0 saturated carbocycles. The molecule has 1 heterocycles. The van der Waals surface area contributed by atoms with E-state index in [4.69, 9.17) is 21.5 Å². The van der Waals surface area contributed by atoms with E-state index < -0.39 is 0 Å². The predicted molar refractivity (Wildman–Crippen MR) is 68.9 cm³/mol. The quantitative estimate of drug-likeness (QED) is 0.527. The summed E-state index contributed by atoms with van der Waals surface area (Å²) in [5.41, 5.74) is 1.32. The molecule has 1 aromatic heterocycles. The largest absolute Gasteiger partial charge is 0.437 e. The molecule has 18 heavy (non-hydrogen) atoms. The lowest BCUT2D eigenvalue weighted by atomic mass is 10.3. The zero-order chi connectivity index (χ0) is 13.1. The molecule has 2 rings (SSSR count). The number of benzene rings is 1. The van der Waals surface area contributed by atoms with Crippen molar-refractivity contribution in [2.24, 2.45) is 12.2 Å². The molecular weight excluding hydrogens is 254 g/mol. The fraction of sp³-hybridized carbons (Fsp3) is 0.167. The highest BCUT2D eigenvalue weighted by Gasteiger charge is 2.15. The number of nitrogens with zero attached hydrogens (tertiary/aromatic N) is 3. The molecule has 5 nitrogen and oxygen atoms in total. The first-order valence-corrected chi connectivity index (χ1v) is 5.64. The van der Waals surface area contributed by atoms with Crippen LogP contribution in [-0.2, 0) is 7.05 Å². The van der Waals surface area contributed by atoms with Gasteiger partial charge in [0.05, 0.1) is 22.5 Å². The summed E-state index contributed by atoms with van der Waals surface area (Å²) in [6.07, 6.45) is 1.29. The predicted octanol–water partition coefficient (Wildman–Crippen LogP) is 2.98. The average Bonchev–Trinajstić information content (AvgIpc) is 2.59. The van der Waals surface area contributed by atoms with Gasteiger partial charge in [-0.1, -0.05) is 28.9 Å². The van der Waals surface area contributed by atoms with Crippen LogP contribution in [0.25, 0.3) is 0 Å². The first-order chi connectivity index (χ1) is 8.63. The normalized spacial score (nSPS) is 11.1. The Labute approximate surface area is 109 Å². The number of para-hydroxylation sites is 1. The molecule has 2 aromatic rings. The minimum Gasteiger partial charge on any atom is -0.437 e. The number of halogens is 1. The molecule has 0 aliphatic carbocycles. The third kappa shape index (κ3) is 2.31. The average molecular weight is 266 g/mol. The van der Waals surface area contributed by atoms with E-state index in [-0.39, 0.29) is 0 Å². The smallest absolute Gasteiger partial charge is 0.226 e. The maximum Gasteiger partial charge on any atom is 0.226 e. The molecule has 0 bridgehead atoms. The van der Waals surface area contributed by atoms with Crippen molar-refractivity contribution in [2.45, 2.75) is 6.92 Å². The lowest BCUT2D eigenvalue weighted by Crippen LogP contribution is -1.97. The van der Waals surface area contributed by atoms with Gasteiger partial charge < -0.3 is 9.94 Å². The fourth-order valence-corrected chi connectivity index (χ4v) is 1.79. The van der Waals surface area contributed by atoms with Gasteiger partial charge in [-0.2, -0.15) is 5.10 Å². The Morgan fingerprint density at radius 3 is 2.83 bits per heavy atom. The maximum atomic E-state index is 8.65. The first kappa shape index (κ1) is 12.4. The van der Waals surface area contributed by atoms with Gasteiger partial charge in [-0.3, -0.25) is 0 Å². The summed E-state index contributed by atoms with van der Waals surface area (Å²) >= 11 is 6.03. The van der Waals surface area contributed by atoms with Gasteiger partial charge in [0, 0.05) is 7.05 Å². The molecular formula is C12H12ClN3O2. The summed E-state index contributed by atoms with van der Waals surface area (Å²) in [6, 6.07) is 7.13.